The zero-order valence-corrected chi connectivity index (χ0v) is 15.6. The molecule has 142 valence electrons. The Labute approximate surface area is 157 Å². The molecule has 0 aliphatic carbocycles. The first-order chi connectivity index (χ1) is 12.7. The molecule has 0 aromatic heterocycles. The van der Waals surface area contributed by atoms with Gasteiger partial charge in [0.1, 0.15) is 17.7 Å². The van der Waals surface area contributed by atoms with Gasteiger partial charge in [0.05, 0.1) is 0 Å². The van der Waals surface area contributed by atoms with Gasteiger partial charge in [0.2, 0.25) is 5.91 Å². The van der Waals surface area contributed by atoms with Gasteiger partial charge in [-0.05, 0) is 68.7 Å². The molecule has 27 heavy (non-hydrogen) atoms. The fraction of sp³-hybridized carbons (Fsp3) is 0.333. The average Bonchev–Trinajstić information content (AvgIpc) is 2.84. The van der Waals surface area contributed by atoms with E-state index in [4.69, 9.17) is 0 Å². The summed E-state index contributed by atoms with van der Waals surface area (Å²) in [5.74, 6) is -1.47. The van der Waals surface area contributed by atoms with Crippen molar-refractivity contribution in [1.82, 2.24) is 10.2 Å². The minimum Gasteiger partial charge on any atom is -0.349 e. The number of hydrogen-bond donors (Lipinski definition) is 1. The maximum atomic E-state index is 13.8. The molecule has 6 heteroatoms. The molecule has 1 unspecified atom stereocenters. The topological polar surface area (TPSA) is 49.4 Å². The van der Waals surface area contributed by atoms with E-state index in [1.807, 2.05) is 20.8 Å². The molecule has 1 N–H and O–H groups in total. The molecule has 1 heterocycles. The van der Waals surface area contributed by atoms with Crippen LogP contribution in [-0.2, 0) is 11.2 Å². The van der Waals surface area contributed by atoms with E-state index in [0.29, 0.717) is 17.5 Å². The maximum absolute atomic E-state index is 13.8. The van der Waals surface area contributed by atoms with Gasteiger partial charge in [-0.3, -0.25) is 9.59 Å². The Kier molecular flexibility index (Phi) is 5.00. The second-order valence-corrected chi connectivity index (χ2v) is 7.75. The van der Waals surface area contributed by atoms with Gasteiger partial charge in [0.15, 0.2) is 0 Å². The summed E-state index contributed by atoms with van der Waals surface area (Å²) in [6.45, 7) is 5.80. The summed E-state index contributed by atoms with van der Waals surface area (Å²) < 4.78 is 26.9. The van der Waals surface area contributed by atoms with Crippen LogP contribution in [0.4, 0.5) is 8.78 Å². The number of hydrogen-bond acceptors (Lipinski definition) is 2. The van der Waals surface area contributed by atoms with Crippen molar-refractivity contribution < 1.29 is 18.4 Å². The van der Waals surface area contributed by atoms with Crippen LogP contribution in [0.15, 0.2) is 42.5 Å². The van der Waals surface area contributed by atoms with E-state index < -0.39 is 17.4 Å². The Morgan fingerprint density at radius 2 is 1.70 bits per heavy atom. The van der Waals surface area contributed by atoms with Crippen LogP contribution < -0.4 is 5.32 Å². The molecule has 0 saturated carbocycles. The largest absolute Gasteiger partial charge is 0.349 e. The van der Waals surface area contributed by atoms with Crippen molar-refractivity contribution in [2.24, 2.45) is 0 Å². The van der Waals surface area contributed by atoms with Gasteiger partial charge in [-0.1, -0.05) is 12.1 Å². The van der Waals surface area contributed by atoms with Crippen LogP contribution in [-0.4, -0.2) is 28.8 Å². The molecule has 2 aromatic rings. The SMILES string of the molecule is CC(C)(C)NC(=O)C1c2cc(F)ccc2C(=O)N1CCc1ccc(F)cc1. The Balaban J connectivity index is 1.89. The lowest BCUT2D eigenvalue weighted by molar-refractivity contribution is -0.127. The first-order valence-electron chi connectivity index (χ1n) is 8.82. The predicted molar refractivity (Wildman–Crippen MR) is 98.2 cm³/mol. The van der Waals surface area contributed by atoms with E-state index in [-0.39, 0.29) is 24.2 Å². The minimum atomic E-state index is -0.886. The van der Waals surface area contributed by atoms with Crippen molar-refractivity contribution in [2.75, 3.05) is 6.54 Å². The molecule has 0 radical (unpaired) electrons. The van der Waals surface area contributed by atoms with Crippen molar-refractivity contribution in [2.45, 2.75) is 38.8 Å². The van der Waals surface area contributed by atoms with Crippen LogP contribution in [0.25, 0.3) is 0 Å². The second-order valence-electron chi connectivity index (χ2n) is 7.75. The van der Waals surface area contributed by atoms with Crippen LogP contribution in [0.1, 0.15) is 48.3 Å². The van der Waals surface area contributed by atoms with E-state index in [1.54, 1.807) is 12.1 Å². The van der Waals surface area contributed by atoms with E-state index in [0.717, 1.165) is 5.56 Å². The molecule has 0 fully saturated rings. The third kappa shape index (κ3) is 4.15. The zero-order chi connectivity index (χ0) is 19.8. The van der Waals surface area contributed by atoms with Crippen LogP contribution >= 0.6 is 0 Å². The lowest BCUT2D eigenvalue weighted by atomic mass is 10.0. The van der Waals surface area contributed by atoms with Crippen LogP contribution in [0.3, 0.4) is 0 Å². The fourth-order valence-corrected chi connectivity index (χ4v) is 3.25. The summed E-state index contributed by atoms with van der Waals surface area (Å²) in [7, 11) is 0. The number of amides is 2. The van der Waals surface area contributed by atoms with E-state index >= 15 is 0 Å². The number of fused-ring (bicyclic) bond motifs is 1. The van der Waals surface area contributed by atoms with E-state index in [9.17, 15) is 18.4 Å². The molecule has 4 nitrogen and oxygen atoms in total. The Hall–Kier alpha value is -2.76. The molecule has 2 amide bonds. The molecule has 1 aliphatic rings. The second kappa shape index (κ2) is 7.10. The smallest absolute Gasteiger partial charge is 0.255 e. The van der Waals surface area contributed by atoms with Gasteiger partial charge >= 0.3 is 0 Å². The van der Waals surface area contributed by atoms with Gasteiger partial charge in [0.25, 0.3) is 5.91 Å². The summed E-state index contributed by atoms with van der Waals surface area (Å²) in [5.41, 5.74) is 1.07. The van der Waals surface area contributed by atoms with Crippen molar-refractivity contribution >= 4 is 11.8 Å². The first-order valence-corrected chi connectivity index (χ1v) is 8.82. The zero-order valence-electron chi connectivity index (χ0n) is 15.6. The summed E-state index contributed by atoms with van der Waals surface area (Å²) >= 11 is 0. The molecule has 0 bridgehead atoms. The van der Waals surface area contributed by atoms with E-state index in [1.165, 1.54) is 35.2 Å². The van der Waals surface area contributed by atoms with Gasteiger partial charge in [-0.2, -0.15) is 0 Å². The number of carbonyl (C=O) groups is 2. The van der Waals surface area contributed by atoms with Crippen LogP contribution in [0, 0.1) is 11.6 Å². The van der Waals surface area contributed by atoms with Crippen LogP contribution in [0.5, 0.6) is 0 Å². The third-order valence-corrected chi connectivity index (χ3v) is 4.41. The molecule has 3 rings (SSSR count). The molecule has 1 aliphatic heterocycles. The minimum absolute atomic E-state index is 0.267. The molecule has 0 spiro atoms. The van der Waals surface area contributed by atoms with Crippen molar-refractivity contribution in [1.29, 1.82) is 0 Å². The first kappa shape index (κ1) is 19.0. The predicted octanol–water partition coefficient (Wildman–Crippen LogP) is 3.62. The Bertz CT molecular complexity index is 873. The van der Waals surface area contributed by atoms with Gasteiger partial charge in [0, 0.05) is 17.6 Å². The van der Waals surface area contributed by atoms with Crippen molar-refractivity contribution in [3.63, 3.8) is 0 Å². The lowest BCUT2D eigenvalue weighted by Crippen LogP contribution is -2.47. The van der Waals surface area contributed by atoms with Crippen LogP contribution in [0.2, 0.25) is 0 Å². The molecular formula is C21H22F2N2O2. The number of halogens is 2. The lowest BCUT2D eigenvalue weighted by Gasteiger charge is -2.29. The monoisotopic (exact) mass is 372 g/mol. The number of carbonyl (C=O) groups excluding carboxylic acids is 2. The molecular weight excluding hydrogens is 350 g/mol. The average molecular weight is 372 g/mol. The standard InChI is InChI=1S/C21H22F2N2O2/c1-21(2,3)24-19(26)18-17-12-15(23)8-9-16(17)20(27)25(18)11-10-13-4-6-14(22)7-5-13/h4-9,12,18H,10-11H2,1-3H3,(H,24,26). The van der Waals surface area contributed by atoms with Crippen molar-refractivity contribution in [3.05, 3.63) is 70.8 Å². The van der Waals surface area contributed by atoms with E-state index in [2.05, 4.69) is 5.32 Å². The molecule has 0 saturated heterocycles. The summed E-state index contributed by atoms with van der Waals surface area (Å²) in [6.07, 6.45) is 0.460. The summed E-state index contributed by atoms with van der Waals surface area (Å²) in [4.78, 5) is 27.2. The Morgan fingerprint density at radius 3 is 2.33 bits per heavy atom. The third-order valence-electron chi connectivity index (χ3n) is 4.41. The van der Waals surface area contributed by atoms with Gasteiger partial charge in [-0.25, -0.2) is 8.78 Å². The maximum Gasteiger partial charge on any atom is 0.255 e. The number of nitrogens with zero attached hydrogens (tertiary/aromatic N) is 1. The van der Waals surface area contributed by atoms with Crippen molar-refractivity contribution in [3.8, 4) is 0 Å². The summed E-state index contributed by atoms with van der Waals surface area (Å²) in [6, 6.07) is 9.01. The number of rotatable bonds is 4. The quantitative estimate of drug-likeness (QED) is 0.891. The Morgan fingerprint density at radius 1 is 1.07 bits per heavy atom. The molecule has 1 atom stereocenters. The number of benzene rings is 2. The highest BCUT2D eigenvalue weighted by molar-refractivity contribution is 6.04. The normalized spacial score (nSPS) is 16.4. The highest BCUT2D eigenvalue weighted by Gasteiger charge is 2.41. The molecule has 2 aromatic carbocycles. The number of nitrogens with one attached hydrogen (secondary N) is 1. The van der Waals surface area contributed by atoms with Gasteiger partial charge < -0.3 is 10.2 Å². The fourth-order valence-electron chi connectivity index (χ4n) is 3.25. The summed E-state index contributed by atoms with van der Waals surface area (Å²) in [5, 5.41) is 2.87. The highest BCUT2D eigenvalue weighted by atomic mass is 19.1. The van der Waals surface area contributed by atoms with Gasteiger partial charge in [-0.15, -0.1) is 0 Å². The highest BCUT2D eigenvalue weighted by Crippen LogP contribution is 2.35.